The van der Waals surface area contributed by atoms with Gasteiger partial charge in [0.2, 0.25) is 5.82 Å². The standard InChI is InChI=1S/C15H13FN4O5/c1-18(2)13-6-4-10(19(22)23)8-11(13)15(21)17-9-3-5-12(16)14(7-9)20(24)25/h3-8H,1-2H3,(H,17,21). The highest BCUT2D eigenvalue weighted by atomic mass is 19.1. The molecular weight excluding hydrogens is 335 g/mol. The summed E-state index contributed by atoms with van der Waals surface area (Å²) < 4.78 is 13.4. The number of hydrogen-bond acceptors (Lipinski definition) is 6. The Morgan fingerprint density at radius 1 is 1.08 bits per heavy atom. The summed E-state index contributed by atoms with van der Waals surface area (Å²) in [6, 6.07) is 6.67. The molecule has 0 fully saturated rings. The topological polar surface area (TPSA) is 119 Å². The molecule has 0 spiro atoms. The molecule has 2 aromatic carbocycles. The van der Waals surface area contributed by atoms with Gasteiger partial charge in [-0.25, -0.2) is 0 Å². The molecule has 10 heteroatoms. The highest BCUT2D eigenvalue weighted by Crippen LogP contribution is 2.26. The normalized spacial score (nSPS) is 10.2. The number of anilines is 2. The number of carbonyl (C=O) groups excluding carboxylic acids is 1. The summed E-state index contributed by atoms with van der Waals surface area (Å²) in [6.07, 6.45) is 0. The molecule has 0 aliphatic heterocycles. The van der Waals surface area contributed by atoms with Crippen molar-refractivity contribution in [2.24, 2.45) is 0 Å². The maximum Gasteiger partial charge on any atom is 0.306 e. The minimum Gasteiger partial charge on any atom is -0.377 e. The fraction of sp³-hybridized carbons (Fsp3) is 0.133. The molecule has 0 aromatic heterocycles. The minimum atomic E-state index is -1.03. The van der Waals surface area contributed by atoms with E-state index in [2.05, 4.69) is 5.32 Å². The number of nitro groups is 2. The second-order valence-electron chi connectivity index (χ2n) is 5.23. The first-order chi connectivity index (χ1) is 11.7. The van der Waals surface area contributed by atoms with Crippen LogP contribution in [0.2, 0.25) is 0 Å². The lowest BCUT2D eigenvalue weighted by atomic mass is 10.1. The summed E-state index contributed by atoms with van der Waals surface area (Å²) in [5.74, 6) is -1.75. The molecule has 25 heavy (non-hydrogen) atoms. The van der Waals surface area contributed by atoms with Gasteiger partial charge in [-0.1, -0.05) is 0 Å². The lowest BCUT2D eigenvalue weighted by Gasteiger charge is -2.17. The number of carbonyl (C=O) groups is 1. The molecule has 0 bridgehead atoms. The second-order valence-corrected chi connectivity index (χ2v) is 5.23. The summed E-state index contributed by atoms with van der Waals surface area (Å²) in [5.41, 5.74) is -0.647. The van der Waals surface area contributed by atoms with Crippen LogP contribution in [0.1, 0.15) is 10.4 Å². The molecule has 0 saturated heterocycles. The molecule has 0 atom stereocenters. The van der Waals surface area contributed by atoms with Crippen LogP contribution in [0.4, 0.5) is 27.1 Å². The Hall–Kier alpha value is -3.56. The van der Waals surface area contributed by atoms with Crippen molar-refractivity contribution in [2.75, 3.05) is 24.3 Å². The lowest BCUT2D eigenvalue weighted by molar-refractivity contribution is -0.387. The predicted molar refractivity (Wildman–Crippen MR) is 88.4 cm³/mol. The van der Waals surface area contributed by atoms with Crippen molar-refractivity contribution in [1.82, 2.24) is 0 Å². The van der Waals surface area contributed by atoms with Gasteiger partial charge in [0.1, 0.15) is 0 Å². The third kappa shape index (κ3) is 3.86. The Balaban J connectivity index is 2.41. The summed E-state index contributed by atoms with van der Waals surface area (Å²) in [5, 5.41) is 24.1. The fourth-order valence-electron chi connectivity index (χ4n) is 2.14. The van der Waals surface area contributed by atoms with E-state index in [9.17, 15) is 29.4 Å². The minimum absolute atomic E-state index is 0.00527. The quantitative estimate of drug-likeness (QED) is 0.655. The number of non-ortho nitro benzene ring substituents is 1. The van der Waals surface area contributed by atoms with E-state index in [1.54, 1.807) is 19.0 Å². The molecular formula is C15H13FN4O5. The van der Waals surface area contributed by atoms with Gasteiger partial charge in [0.25, 0.3) is 11.6 Å². The molecule has 0 aliphatic carbocycles. The number of rotatable bonds is 5. The van der Waals surface area contributed by atoms with Crippen molar-refractivity contribution in [1.29, 1.82) is 0 Å². The van der Waals surface area contributed by atoms with Crippen molar-refractivity contribution < 1.29 is 19.0 Å². The van der Waals surface area contributed by atoms with Gasteiger partial charge in [0.15, 0.2) is 0 Å². The summed E-state index contributed by atoms with van der Waals surface area (Å²) in [7, 11) is 3.31. The monoisotopic (exact) mass is 348 g/mol. The third-order valence-electron chi connectivity index (χ3n) is 3.32. The molecule has 1 amide bonds. The third-order valence-corrected chi connectivity index (χ3v) is 3.32. The molecule has 2 rings (SSSR count). The predicted octanol–water partition coefficient (Wildman–Crippen LogP) is 2.96. The molecule has 130 valence electrons. The largest absolute Gasteiger partial charge is 0.377 e. The van der Waals surface area contributed by atoms with Gasteiger partial charge in [-0.15, -0.1) is 0 Å². The van der Waals surface area contributed by atoms with E-state index in [-0.39, 0.29) is 16.9 Å². The Kier molecular flexibility index (Phi) is 4.92. The smallest absolute Gasteiger partial charge is 0.306 e. The summed E-state index contributed by atoms with van der Waals surface area (Å²) in [4.78, 5) is 34.2. The van der Waals surface area contributed by atoms with E-state index in [1.165, 1.54) is 12.1 Å². The van der Waals surface area contributed by atoms with Gasteiger partial charge in [0.05, 0.1) is 15.4 Å². The highest BCUT2D eigenvalue weighted by molar-refractivity contribution is 6.08. The van der Waals surface area contributed by atoms with Crippen LogP contribution in [0.25, 0.3) is 0 Å². The molecule has 9 nitrogen and oxygen atoms in total. The maximum atomic E-state index is 13.4. The van der Waals surface area contributed by atoms with Crippen LogP contribution in [0.15, 0.2) is 36.4 Å². The van der Waals surface area contributed by atoms with Crippen LogP contribution in [0, 0.1) is 26.0 Å². The van der Waals surface area contributed by atoms with E-state index in [1.807, 2.05) is 0 Å². The van der Waals surface area contributed by atoms with Crippen molar-refractivity contribution >= 4 is 28.7 Å². The molecule has 0 aliphatic rings. The molecule has 0 saturated carbocycles. The Labute approximate surface area is 141 Å². The molecule has 2 aromatic rings. The Morgan fingerprint density at radius 3 is 2.32 bits per heavy atom. The number of benzene rings is 2. The van der Waals surface area contributed by atoms with Crippen LogP contribution in [0.3, 0.4) is 0 Å². The Bertz CT molecular complexity index is 869. The number of amides is 1. The van der Waals surface area contributed by atoms with Gasteiger partial charge in [-0.2, -0.15) is 4.39 Å². The average Bonchev–Trinajstić information content (AvgIpc) is 2.55. The number of halogens is 1. The number of nitro benzene ring substituents is 2. The van der Waals surface area contributed by atoms with Crippen LogP contribution in [-0.4, -0.2) is 29.8 Å². The lowest BCUT2D eigenvalue weighted by Crippen LogP contribution is -2.19. The van der Waals surface area contributed by atoms with Crippen LogP contribution in [-0.2, 0) is 0 Å². The summed E-state index contributed by atoms with van der Waals surface area (Å²) >= 11 is 0. The highest BCUT2D eigenvalue weighted by Gasteiger charge is 2.20. The average molecular weight is 348 g/mol. The fourth-order valence-corrected chi connectivity index (χ4v) is 2.14. The van der Waals surface area contributed by atoms with E-state index in [0.717, 1.165) is 24.3 Å². The maximum absolute atomic E-state index is 13.4. The molecule has 0 radical (unpaired) electrons. The van der Waals surface area contributed by atoms with Crippen molar-refractivity contribution in [3.8, 4) is 0 Å². The SMILES string of the molecule is CN(C)c1ccc([N+](=O)[O-])cc1C(=O)Nc1ccc(F)c([N+](=O)[O-])c1. The van der Waals surface area contributed by atoms with E-state index < -0.39 is 27.3 Å². The van der Waals surface area contributed by atoms with Gasteiger partial charge in [-0.05, 0) is 18.2 Å². The number of nitrogens with one attached hydrogen (secondary N) is 1. The summed E-state index contributed by atoms with van der Waals surface area (Å²) in [6.45, 7) is 0. The van der Waals surface area contributed by atoms with Crippen LogP contribution < -0.4 is 10.2 Å². The number of hydrogen-bond donors (Lipinski definition) is 1. The van der Waals surface area contributed by atoms with Crippen LogP contribution in [0.5, 0.6) is 0 Å². The number of nitrogens with zero attached hydrogens (tertiary/aromatic N) is 3. The first kappa shape index (κ1) is 17.8. The van der Waals surface area contributed by atoms with Crippen molar-refractivity contribution in [3.05, 3.63) is 68.0 Å². The van der Waals surface area contributed by atoms with Gasteiger partial charge in [-0.3, -0.25) is 25.0 Å². The van der Waals surface area contributed by atoms with Crippen molar-refractivity contribution in [3.63, 3.8) is 0 Å². The van der Waals surface area contributed by atoms with E-state index in [4.69, 9.17) is 0 Å². The van der Waals surface area contributed by atoms with E-state index in [0.29, 0.717) is 5.69 Å². The molecule has 1 N–H and O–H groups in total. The van der Waals surface area contributed by atoms with Crippen molar-refractivity contribution in [2.45, 2.75) is 0 Å². The zero-order valence-electron chi connectivity index (χ0n) is 13.2. The van der Waals surface area contributed by atoms with Gasteiger partial charge >= 0.3 is 5.69 Å². The van der Waals surface area contributed by atoms with E-state index >= 15 is 0 Å². The zero-order valence-corrected chi connectivity index (χ0v) is 13.2. The zero-order chi connectivity index (χ0) is 18.7. The molecule has 0 unspecified atom stereocenters. The second kappa shape index (κ2) is 6.91. The Morgan fingerprint density at radius 2 is 1.76 bits per heavy atom. The first-order valence-corrected chi connectivity index (χ1v) is 6.91. The van der Waals surface area contributed by atoms with Gasteiger partial charge < -0.3 is 10.2 Å². The first-order valence-electron chi connectivity index (χ1n) is 6.91. The van der Waals surface area contributed by atoms with Gasteiger partial charge in [0, 0.05) is 43.7 Å². The van der Waals surface area contributed by atoms with Crippen LogP contribution >= 0.6 is 0 Å². The molecule has 0 heterocycles.